The van der Waals surface area contributed by atoms with Crippen molar-refractivity contribution in [1.29, 1.82) is 0 Å². The first-order valence-electron chi connectivity index (χ1n) is 0.928. The summed E-state index contributed by atoms with van der Waals surface area (Å²) in [5.74, 6) is 0. The van der Waals surface area contributed by atoms with Crippen molar-refractivity contribution < 1.29 is 44.7 Å². The molecule has 0 aliphatic rings. The van der Waals surface area contributed by atoms with Crippen molar-refractivity contribution >= 4 is 17.7 Å². The summed E-state index contributed by atoms with van der Waals surface area (Å²) in [5, 5.41) is -0.139. The molecule has 0 bridgehead atoms. The van der Waals surface area contributed by atoms with Gasteiger partial charge >= 0.3 is 0 Å². The van der Waals surface area contributed by atoms with E-state index in [9.17, 15) is 4.79 Å². The van der Waals surface area contributed by atoms with Gasteiger partial charge in [-0.25, -0.2) is 0 Å². The van der Waals surface area contributed by atoms with Gasteiger partial charge in [0, 0.05) is 46.9 Å². The van der Waals surface area contributed by atoms with Crippen LogP contribution in [-0.2, 0) is 4.79 Å². The molecule has 0 rings (SSSR count). The maximum atomic E-state index is 9.31. The third-order valence-electron chi connectivity index (χ3n) is 0. The van der Waals surface area contributed by atoms with E-state index in [-0.39, 0.29) is 45.1 Å². The van der Waals surface area contributed by atoms with E-state index >= 15 is 0 Å². The number of carbonyl (C=O) groups excluding carboxylic acids is 1. The second kappa shape index (κ2) is 5.34. The van der Waals surface area contributed by atoms with Crippen LogP contribution < -0.4 is 0 Å². The van der Waals surface area contributed by atoms with E-state index in [1.165, 1.54) is 6.92 Å². The van der Waals surface area contributed by atoms with Crippen LogP contribution in [0.2, 0.25) is 0 Å². The first-order valence-corrected chi connectivity index (χ1v) is 1.37. The predicted molar refractivity (Wildman–Crippen MR) is 19.7 cm³/mol. The van der Waals surface area contributed by atoms with Crippen LogP contribution in [-0.4, -0.2) is 5.12 Å². The summed E-state index contributed by atoms with van der Waals surface area (Å²) in [5.41, 5.74) is 0. The summed E-state index contributed by atoms with van der Waals surface area (Å²) in [6.45, 7) is 1.39. The molecule has 0 unspecified atom stereocenters. The van der Waals surface area contributed by atoms with Gasteiger partial charge in [0.05, 0.1) is 0 Å². The Kier molecular flexibility index (Phi) is 10.3. The minimum absolute atomic E-state index is 0. The van der Waals surface area contributed by atoms with E-state index in [4.69, 9.17) is 0 Å². The van der Waals surface area contributed by atoms with E-state index in [1.807, 2.05) is 0 Å². The Bertz CT molecular complexity index is 32.6. The van der Waals surface area contributed by atoms with Gasteiger partial charge in [-0.15, -0.1) is 12.6 Å². The second-order valence-electron chi connectivity index (χ2n) is 0.519. The molecule has 0 fully saturated rings. The molecule has 0 saturated heterocycles. The summed E-state index contributed by atoms with van der Waals surface area (Å²) in [7, 11) is 0. The smallest absolute Gasteiger partial charge is 0.182 e. The fourth-order valence-electron chi connectivity index (χ4n) is 0. The summed E-state index contributed by atoms with van der Waals surface area (Å²) in [4.78, 5) is 9.31. The van der Waals surface area contributed by atoms with Crippen molar-refractivity contribution in [1.82, 2.24) is 0 Å². The first kappa shape index (κ1) is 9.60. The largest absolute Gasteiger partial charge is 0.288 e. The average Bonchev–Trinajstić information content (AvgIpc) is 0.811. The van der Waals surface area contributed by atoms with Gasteiger partial charge in [-0.05, 0) is 0 Å². The molecule has 0 N–H and O–H groups in total. The maximum Gasteiger partial charge on any atom is 0.182 e. The molecule has 3 heteroatoms. The molecule has 0 amide bonds. The molecule has 0 aromatic carbocycles. The van der Waals surface area contributed by atoms with Gasteiger partial charge in [-0.3, -0.25) is 4.79 Å². The van der Waals surface area contributed by atoms with Crippen LogP contribution in [0.1, 0.15) is 6.92 Å². The van der Waals surface area contributed by atoms with Gasteiger partial charge in [-0.1, -0.05) is 0 Å². The van der Waals surface area contributed by atoms with E-state index in [2.05, 4.69) is 12.6 Å². The molecule has 0 heterocycles. The molecule has 1 nitrogen and oxygen atoms in total. The van der Waals surface area contributed by atoms with Gasteiger partial charge < -0.3 is 0 Å². The Labute approximate surface area is 68.6 Å². The molecular formula is C2H4GdOS. The van der Waals surface area contributed by atoms with Crippen molar-refractivity contribution in [3.8, 4) is 0 Å². The molecular weight excluding hydrogens is 229 g/mol. The van der Waals surface area contributed by atoms with Crippen molar-refractivity contribution in [2.75, 3.05) is 0 Å². The number of hydrogen-bond acceptors (Lipinski definition) is 1. The molecule has 0 aromatic heterocycles. The second-order valence-corrected chi connectivity index (χ2v) is 1.15. The van der Waals surface area contributed by atoms with E-state index in [0.29, 0.717) is 0 Å². The Morgan fingerprint density at radius 1 is 1.80 bits per heavy atom. The van der Waals surface area contributed by atoms with E-state index in [0.717, 1.165) is 0 Å². The Morgan fingerprint density at radius 2 is 1.80 bits per heavy atom. The first-order chi connectivity index (χ1) is 1.73. The van der Waals surface area contributed by atoms with Crippen LogP contribution >= 0.6 is 12.6 Å². The van der Waals surface area contributed by atoms with Gasteiger partial charge in [0.25, 0.3) is 0 Å². The summed E-state index contributed by atoms with van der Waals surface area (Å²) < 4.78 is 0. The predicted octanol–water partition coefficient (Wildman–Crippen LogP) is 0.463. The van der Waals surface area contributed by atoms with Crippen LogP contribution in [0.3, 0.4) is 0 Å². The van der Waals surface area contributed by atoms with Crippen molar-refractivity contribution in [3.05, 3.63) is 0 Å². The number of rotatable bonds is 0. The minimum atomic E-state index is -0.139. The molecule has 0 saturated carbocycles. The van der Waals surface area contributed by atoms with Gasteiger partial charge in [0.15, 0.2) is 5.12 Å². The normalized spacial score (nSPS) is 5.20. The van der Waals surface area contributed by atoms with Crippen molar-refractivity contribution in [2.45, 2.75) is 6.92 Å². The van der Waals surface area contributed by atoms with Crippen molar-refractivity contribution in [2.24, 2.45) is 0 Å². The van der Waals surface area contributed by atoms with Crippen LogP contribution in [0, 0.1) is 39.9 Å². The third-order valence-corrected chi connectivity index (χ3v) is 0. The maximum absolute atomic E-state index is 9.31. The molecule has 0 radical (unpaired) electrons. The fraction of sp³-hybridized carbons (Fsp3) is 0.500. The zero-order valence-electron chi connectivity index (χ0n) is 2.71. The zero-order valence-corrected chi connectivity index (χ0v) is 5.87. The third kappa shape index (κ3) is 33.1. The topological polar surface area (TPSA) is 17.1 Å². The van der Waals surface area contributed by atoms with Crippen molar-refractivity contribution in [3.63, 3.8) is 0 Å². The Hall–Kier alpha value is 1.34. The molecule has 0 aromatic rings. The van der Waals surface area contributed by atoms with Crippen LogP contribution in [0.5, 0.6) is 0 Å². The van der Waals surface area contributed by atoms with Crippen LogP contribution in [0.15, 0.2) is 0 Å². The molecule has 0 aliphatic carbocycles. The summed E-state index contributed by atoms with van der Waals surface area (Å²) >= 11 is 3.33. The van der Waals surface area contributed by atoms with E-state index < -0.39 is 0 Å². The summed E-state index contributed by atoms with van der Waals surface area (Å²) in [6.07, 6.45) is 0. The molecule has 5 heavy (non-hydrogen) atoms. The van der Waals surface area contributed by atoms with E-state index in [1.54, 1.807) is 0 Å². The zero-order chi connectivity index (χ0) is 3.58. The summed E-state index contributed by atoms with van der Waals surface area (Å²) in [6, 6.07) is 0. The fourth-order valence-corrected chi connectivity index (χ4v) is 0. The number of carbonyl (C=O) groups is 1. The molecule has 0 aliphatic heterocycles. The average molecular weight is 233 g/mol. The molecule has 0 atom stereocenters. The molecule has 0 spiro atoms. The van der Waals surface area contributed by atoms with Gasteiger partial charge in [0.2, 0.25) is 0 Å². The van der Waals surface area contributed by atoms with Gasteiger partial charge in [0.1, 0.15) is 0 Å². The Balaban J connectivity index is 0. The quantitative estimate of drug-likeness (QED) is 0.602. The van der Waals surface area contributed by atoms with Gasteiger partial charge in [-0.2, -0.15) is 0 Å². The number of thiol groups is 1. The monoisotopic (exact) mass is 234 g/mol. The SMILES string of the molecule is CC(=O)S.[Gd]. The Morgan fingerprint density at radius 3 is 1.80 bits per heavy atom. The standard InChI is InChI=1S/C2H4OS.Gd/c1-2(3)4;/h1H3,(H,3,4);. The van der Waals surface area contributed by atoms with Crippen LogP contribution in [0.4, 0.5) is 0 Å². The molecule has 32 valence electrons. The number of hydrogen-bond donors (Lipinski definition) is 1. The minimum Gasteiger partial charge on any atom is -0.288 e. The van der Waals surface area contributed by atoms with Crippen LogP contribution in [0.25, 0.3) is 0 Å².